The van der Waals surface area contributed by atoms with Gasteiger partial charge < -0.3 is 4.98 Å². The number of aromatic nitrogens is 5. The van der Waals surface area contributed by atoms with Gasteiger partial charge in [-0.2, -0.15) is 5.10 Å². The van der Waals surface area contributed by atoms with E-state index in [1.807, 2.05) is 37.9 Å². The smallest absolute Gasteiger partial charge is 0.137 e. The highest BCUT2D eigenvalue weighted by atomic mass is 32.1. The Hall–Kier alpha value is -3.25. The van der Waals surface area contributed by atoms with Crippen LogP contribution in [-0.4, -0.2) is 24.7 Å². The van der Waals surface area contributed by atoms with Gasteiger partial charge in [0.05, 0.1) is 16.9 Å². The highest BCUT2D eigenvalue weighted by molar-refractivity contribution is 7.10. The molecule has 27 heavy (non-hydrogen) atoms. The third kappa shape index (κ3) is 3.04. The van der Waals surface area contributed by atoms with Crippen molar-refractivity contribution in [1.29, 1.82) is 0 Å². The number of aryl methyl sites for hydroxylation is 1. The number of H-pyrrole nitrogens is 1. The lowest BCUT2D eigenvalue weighted by Crippen LogP contribution is -1.87. The van der Waals surface area contributed by atoms with Crippen LogP contribution in [0.2, 0.25) is 0 Å². The fraction of sp³-hybridized carbons (Fsp3) is 0.0952. The molecule has 0 unspecified atom stereocenters. The fourth-order valence-corrected chi connectivity index (χ4v) is 4.06. The molecule has 0 radical (unpaired) electrons. The SMILES string of the molecule is Cn1cc(-c2cnc3[nH]cc(-c4csc(Cc5ccccc5)n4)c3c2)cn1. The average molecular weight is 371 g/mol. The lowest BCUT2D eigenvalue weighted by molar-refractivity contribution is 0.768. The van der Waals surface area contributed by atoms with E-state index in [4.69, 9.17) is 4.98 Å². The lowest BCUT2D eigenvalue weighted by Gasteiger charge is -1.99. The second kappa shape index (κ2) is 6.48. The van der Waals surface area contributed by atoms with Crippen molar-refractivity contribution in [3.8, 4) is 22.4 Å². The maximum atomic E-state index is 4.86. The summed E-state index contributed by atoms with van der Waals surface area (Å²) < 4.78 is 1.80. The second-order valence-corrected chi connectivity index (χ2v) is 7.46. The number of benzene rings is 1. The maximum Gasteiger partial charge on any atom is 0.137 e. The minimum Gasteiger partial charge on any atom is -0.345 e. The number of hydrogen-bond acceptors (Lipinski definition) is 4. The van der Waals surface area contributed by atoms with Gasteiger partial charge in [-0.25, -0.2) is 9.97 Å². The van der Waals surface area contributed by atoms with Crippen LogP contribution >= 0.6 is 11.3 Å². The molecule has 5 rings (SSSR count). The van der Waals surface area contributed by atoms with E-state index in [0.29, 0.717) is 0 Å². The van der Waals surface area contributed by atoms with E-state index in [2.05, 4.69) is 50.8 Å². The predicted molar refractivity (Wildman–Crippen MR) is 109 cm³/mol. The molecule has 0 bridgehead atoms. The van der Waals surface area contributed by atoms with Gasteiger partial charge in [-0.15, -0.1) is 11.3 Å². The summed E-state index contributed by atoms with van der Waals surface area (Å²) in [6, 6.07) is 12.6. The largest absolute Gasteiger partial charge is 0.345 e. The van der Waals surface area contributed by atoms with E-state index in [1.54, 1.807) is 16.0 Å². The van der Waals surface area contributed by atoms with Crippen molar-refractivity contribution in [3.05, 3.63) is 77.1 Å². The minimum absolute atomic E-state index is 0.854. The number of thiazole rings is 1. The lowest BCUT2D eigenvalue weighted by atomic mass is 10.1. The summed E-state index contributed by atoms with van der Waals surface area (Å²) in [7, 11) is 1.92. The number of nitrogens with one attached hydrogen (secondary N) is 1. The van der Waals surface area contributed by atoms with Gasteiger partial charge in [0, 0.05) is 59.5 Å². The Bertz CT molecular complexity index is 1220. The van der Waals surface area contributed by atoms with Crippen LogP contribution < -0.4 is 0 Å². The minimum atomic E-state index is 0.854. The summed E-state index contributed by atoms with van der Waals surface area (Å²) in [5, 5.41) is 8.57. The van der Waals surface area contributed by atoms with E-state index in [9.17, 15) is 0 Å². The van der Waals surface area contributed by atoms with Gasteiger partial charge in [-0.1, -0.05) is 30.3 Å². The van der Waals surface area contributed by atoms with E-state index in [-0.39, 0.29) is 0 Å². The molecule has 0 fully saturated rings. The molecule has 1 aromatic carbocycles. The predicted octanol–water partition coefficient (Wildman–Crippen LogP) is 4.68. The Labute approximate surface area is 160 Å². The first-order valence-electron chi connectivity index (χ1n) is 8.71. The summed E-state index contributed by atoms with van der Waals surface area (Å²) in [5.74, 6) is 0. The van der Waals surface area contributed by atoms with Crippen molar-refractivity contribution < 1.29 is 0 Å². The van der Waals surface area contributed by atoms with Crippen molar-refractivity contribution >= 4 is 22.4 Å². The standard InChI is InChI=1S/C21H17N5S/c1-26-12-16(10-24-26)15-8-17-18(11-23-21(17)22-9-15)19-13-27-20(25-19)7-14-5-3-2-4-6-14/h2-6,8-13H,7H2,1H3,(H,22,23). The van der Waals surface area contributed by atoms with Gasteiger partial charge in [-0.05, 0) is 11.6 Å². The third-order valence-electron chi connectivity index (χ3n) is 4.60. The molecule has 0 amide bonds. The average Bonchev–Trinajstić information content (AvgIpc) is 3.41. The van der Waals surface area contributed by atoms with Crippen LogP contribution in [0.15, 0.2) is 66.6 Å². The molecule has 0 spiro atoms. The number of aromatic amines is 1. The Balaban J connectivity index is 1.51. The highest BCUT2D eigenvalue weighted by Crippen LogP contribution is 2.32. The van der Waals surface area contributed by atoms with Crippen LogP contribution in [0, 0.1) is 0 Å². The van der Waals surface area contributed by atoms with Gasteiger partial charge in [-0.3, -0.25) is 4.68 Å². The van der Waals surface area contributed by atoms with Crippen molar-refractivity contribution in [2.24, 2.45) is 7.05 Å². The van der Waals surface area contributed by atoms with Gasteiger partial charge in [0.2, 0.25) is 0 Å². The molecule has 0 aliphatic heterocycles. The first kappa shape index (κ1) is 16.0. The maximum absolute atomic E-state index is 4.86. The quantitative estimate of drug-likeness (QED) is 0.499. The summed E-state index contributed by atoms with van der Waals surface area (Å²) in [6.45, 7) is 0. The van der Waals surface area contributed by atoms with Crippen molar-refractivity contribution in [3.63, 3.8) is 0 Å². The number of fused-ring (bicyclic) bond motifs is 1. The van der Waals surface area contributed by atoms with E-state index < -0.39 is 0 Å². The van der Waals surface area contributed by atoms with E-state index in [0.717, 1.165) is 44.8 Å². The summed E-state index contributed by atoms with van der Waals surface area (Å²) >= 11 is 1.70. The fourth-order valence-electron chi connectivity index (χ4n) is 3.23. The molecule has 1 N–H and O–H groups in total. The number of rotatable bonds is 4. The topological polar surface area (TPSA) is 59.4 Å². The van der Waals surface area contributed by atoms with Crippen LogP contribution in [0.25, 0.3) is 33.4 Å². The molecule has 6 heteroatoms. The number of pyridine rings is 1. The summed E-state index contributed by atoms with van der Waals surface area (Å²) in [4.78, 5) is 12.7. The molecule has 0 saturated carbocycles. The molecule has 5 nitrogen and oxygen atoms in total. The van der Waals surface area contributed by atoms with Gasteiger partial charge in [0.25, 0.3) is 0 Å². The molecule has 4 aromatic heterocycles. The Morgan fingerprint density at radius 2 is 2.00 bits per heavy atom. The first-order valence-corrected chi connectivity index (χ1v) is 9.59. The normalized spacial score (nSPS) is 11.3. The zero-order valence-corrected chi connectivity index (χ0v) is 15.6. The third-order valence-corrected chi connectivity index (χ3v) is 5.44. The second-order valence-electron chi connectivity index (χ2n) is 6.51. The zero-order chi connectivity index (χ0) is 18.2. The molecule has 0 aliphatic carbocycles. The Kier molecular flexibility index (Phi) is 3.83. The molecular formula is C21H17N5S. The van der Waals surface area contributed by atoms with E-state index >= 15 is 0 Å². The molecule has 132 valence electrons. The Morgan fingerprint density at radius 1 is 1.11 bits per heavy atom. The van der Waals surface area contributed by atoms with Crippen molar-refractivity contribution in [2.75, 3.05) is 0 Å². The molecule has 0 saturated heterocycles. The molecule has 0 atom stereocenters. The van der Waals surface area contributed by atoms with Crippen LogP contribution in [-0.2, 0) is 13.5 Å². The zero-order valence-electron chi connectivity index (χ0n) is 14.8. The summed E-state index contributed by atoms with van der Waals surface area (Å²) in [5.41, 5.74) is 6.33. The number of nitrogens with zero attached hydrogens (tertiary/aromatic N) is 4. The van der Waals surface area contributed by atoms with Crippen LogP contribution in [0.5, 0.6) is 0 Å². The van der Waals surface area contributed by atoms with E-state index in [1.165, 1.54) is 5.56 Å². The van der Waals surface area contributed by atoms with Gasteiger partial charge >= 0.3 is 0 Å². The van der Waals surface area contributed by atoms with Crippen molar-refractivity contribution in [2.45, 2.75) is 6.42 Å². The van der Waals surface area contributed by atoms with Crippen LogP contribution in [0.4, 0.5) is 0 Å². The van der Waals surface area contributed by atoms with Gasteiger partial charge in [0.15, 0.2) is 0 Å². The Morgan fingerprint density at radius 3 is 2.81 bits per heavy atom. The summed E-state index contributed by atoms with van der Waals surface area (Å²) in [6.07, 6.45) is 8.58. The molecular weight excluding hydrogens is 354 g/mol. The molecule has 4 heterocycles. The monoisotopic (exact) mass is 371 g/mol. The van der Waals surface area contributed by atoms with Crippen LogP contribution in [0.3, 0.4) is 0 Å². The molecule has 0 aliphatic rings. The molecule has 5 aromatic rings. The first-order chi connectivity index (χ1) is 13.3. The van der Waals surface area contributed by atoms with Crippen LogP contribution in [0.1, 0.15) is 10.6 Å². The highest BCUT2D eigenvalue weighted by Gasteiger charge is 2.13. The number of hydrogen-bond donors (Lipinski definition) is 1. The van der Waals surface area contributed by atoms with Gasteiger partial charge in [0.1, 0.15) is 5.65 Å². The van der Waals surface area contributed by atoms with Crippen molar-refractivity contribution in [1.82, 2.24) is 24.7 Å².